The molecule has 0 amide bonds. The predicted octanol–water partition coefficient (Wildman–Crippen LogP) is 2.79. The molecular weight excluding hydrogens is 336 g/mol. The monoisotopic (exact) mass is 356 g/mol. The summed E-state index contributed by atoms with van der Waals surface area (Å²) in [5, 5.41) is 9.53. The molecule has 1 unspecified atom stereocenters. The second kappa shape index (κ2) is 7.89. The summed E-state index contributed by atoms with van der Waals surface area (Å²) in [6.07, 6.45) is 0.255. The van der Waals surface area contributed by atoms with Crippen LogP contribution >= 0.6 is 0 Å². The fourth-order valence-electron chi connectivity index (χ4n) is 2.79. The van der Waals surface area contributed by atoms with Crippen LogP contribution in [-0.4, -0.2) is 23.5 Å². The van der Waals surface area contributed by atoms with Crippen LogP contribution in [0.4, 0.5) is 0 Å². The molecule has 1 N–H and O–H groups in total. The second-order valence-electron chi connectivity index (χ2n) is 5.90. The van der Waals surface area contributed by atoms with Crippen molar-refractivity contribution >= 4 is 11.0 Å². The van der Waals surface area contributed by atoms with Crippen molar-refractivity contribution < 1.29 is 13.7 Å². The zero-order valence-corrected chi connectivity index (χ0v) is 14.8. The summed E-state index contributed by atoms with van der Waals surface area (Å²) in [5.74, 6) is -0.980. The average molecular weight is 356 g/mol. The molecule has 0 saturated carbocycles. The summed E-state index contributed by atoms with van der Waals surface area (Å²) in [6, 6.07) is 18.4. The van der Waals surface area contributed by atoms with Crippen LogP contribution in [0, 0.1) is 18.3 Å². The molecule has 6 heteroatoms. The van der Waals surface area contributed by atoms with E-state index in [1.807, 2.05) is 49.4 Å². The van der Waals surface area contributed by atoms with Crippen LogP contribution in [0.3, 0.4) is 0 Å². The molecule has 1 aliphatic rings. The number of nitriles is 1. The SMILES string of the molecule is Cc1ccc(S(=O)N[C@H](C#N)CC2(c3ccccc3)OCCO2)cc1. The maximum Gasteiger partial charge on any atom is 0.197 e. The number of hydrogen-bond donors (Lipinski definition) is 1. The van der Waals surface area contributed by atoms with Crippen LogP contribution in [0.15, 0.2) is 59.5 Å². The molecule has 0 aromatic heterocycles. The highest BCUT2D eigenvalue weighted by Crippen LogP contribution is 2.35. The third kappa shape index (κ3) is 4.14. The topological polar surface area (TPSA) is 71.4 Å². The van der Waals surface area contributed by atoms with E-state index in [0.29, 0.717) is 18.1 Å². The van der Waals surface area contributed by atoms with Crippen LogP contribution in [0.1, 0.15) is 17.5 Å². The first-order valence-corrected chi connectivity index (χ1v) is 9.26. The zero-order chi connectivity index (χ0) is 17.7. The van der Waals surface area contributed by atoms with Crippen LogP contribution in [-0.2, 0) is 26.2 Å². The third-order valence-electron chi connectivity index (χ3n) is 4.08. The summed E-state index contributed by atoms with van der Waals surface area (Å²) in [4.78, 5) is 0.632. The van der Waals surface area contributed by atoms with Crippen molar-refractivity contribution in [3.63, 3.8) is 0 Å². The molecule has 2 aromatic rings. The fourth-order valence-corrected chi connectivity index (χ4v) is 3.70. The first-order chi connectivity index (χ1) is 12.1. The van der Waals surface area contributed by atoms with E-state index in [2.05, 4.69) is 10.8 Å². The molecule has 25 heavy (non-hydrogen) atoms. The highest BCUT2D eigenvalue weighted by Gasteiger charge is 2.41. The van der Waals surface area contributed by atoms with Crippen molar-refractivity contribution in [1.29, 1.82) is 5.26 Å². The van der Waals surface area contributed by atoms with Crippen LogP contribution in [0.25, 0.3) is 0 Å². The summed E-state index contributed by atoms with van der Waals surface area (Å²) in [7, 11) is -1.48. The number of nitrogens with one attached hydrogen (secondary N) is 1. The zero-order valence-electron chi connectivity index (χ0n) is 14.0. The highest BCUT2D eigenvalue weighted by molar-refractivity contribution is 7.83. The molecule has 0 radical (unpaired) electrons. The molecule has 3 rings (SSSR count). The Morgan fingerprint density at radius 3 is 2.40 bits per heavy atom. The van der Waals surface area contributed by atoms with Crippen molar-refractivity contribution in [2.24, 2.45) is 0 Å². The van der Waals surface area contributed by atoms with E-state index in [0.717, 1.165) is 11.1 Å². The van der Waals surface area contributed by atoms with Crippen molar-refractivity contribution in [3.05, 3.63) is 65.7 Å². The summed E-state index contributed by atoms with van der Waals surface area (Å²) in [6.45, 7) is 2.90. The lowest BCUT2D eigenvalue weighted by Gasteiger charge is -2.29. The molecule has 1 aliphatic heterocycles. The van der Waals surface area contributed by atoms with Crippen molar-refractivity contribution in [2.45, 2.75) is 30.1 Å². The van der Waals surface area contributed by atoms with Gasteiger partial charge in [-0.25, -0.2) is 8.93 Å². The minimum absolute atomic E-state index is 0.255. The Hall–Kier alpha value is -2.04. The standard InChI is InChI=1S/C19H20N2O3S/c1-15-7-9-18(10-8-15)25(22)21-17(14-20)13-19(23-11-12-24-19)16-5-3-2-4-6-16/h2-10,17,21H,11-13H2,1H3/t17-,25?/m0/s1. The van der Waals surface area contributed by atoms with Crippen molar-refractivity contribution in [1.82, 2.24) is 4.72 Å². The van der Waals surface area contributed by atoms with E-state index in [4.69, 9.17) is 9.47 Å². The molecule has 1 saturated heterocycles. The lowest BCUT2D eigenvalue weighted by atomic mass is 9.99. The molecule has 0 aliphatic carbocycles. The minimum Gasteiger partial charge on any atom is -0.343 e. The van der Waals surface area contributed by atoms with Crippen LogP contribution in [0.5, 0.6) is 0 Å². The number of aryl methyl sites for hydroxylation is 1. The lowest BCUT2D eigenvalue weighted by Crippen LogP contribution is -2.39. The maximum absolute atomic E-state index is 12.5. The largest absolute Gasteiger partial charge is 0.343 e. The Bertz CT molecular complexity index is 766. The van der Waals surface area contributed by atoms with Gasteiger partial charge in [0.05, 0.1) is 24.2 Å². The first kappa shape index (κ1) is 17.8. The summed E-state index contributed by atoms with van der Waals surface area (Å²) < 4.78 is 27.1. The highest BCUT2D eigenvalue weighted by atomic mass is 32.2. The smallest absolute Gasteiger partial charge is 0.197 e. The second-order valence-corrected chi connectivity index (χ2v) is 7.15. The van der Waals surface area contributed by atoms with Crippen molar-refractivity contribution in [2.75, 3.05) is 13.2 Å². The van der Waals surface area contributed by atoms with Gasteiger partial charge in [-0.2, -0.15) is 5.26 Å². The van der Waals surface area contributed by atoms with Gasteiger partial charge in [0.25, 0.3) is 0 Å². The van der Waals surface area contributed by atoms with Gasteiger partial charge in [-0.15, -0.1) is 0 Å². The molecule has 2 atom stereocenters. The molecule has 1 fully saturated rings. The van der Waals surface area contributed by atoms with Crippen molar-refractivity contribution in [3.8, 4) is 6.07 Å². The quantitative estimate of drug-likeness (QED) is 0.864. The molecule has 2 aromatic carbocycles. The van der Waals surface area contributed by atoms with Crippen LogP contribution in [0.2, 0.25) is 0 Å². The number of benzene rings is 2. The molecule has 0 bridgehead atoms. The summed E-state index contributed by atoms with van der Waals surface area (Å²) >= 11 is 0. The van der Waals surface area contributed by atoms with Gasteiger partial charge in [0, 0.05) is 12.0 Å². The molecule has 130 valence electrons. The normalized spacial score (nSPS) is 18.4. The van der Waals surface area contributed by atoms with E-state index < -0.39 is 22.8 Å². The Kier molecular flexibility index (Phi) is 5.61. The average Bonchev–Trinajstić information content (AvgIpc) is 3.12. The Balaban J connectivity index is 1.75. The van der Waals surface area contributed by atoms with E-state index in [9.17, 15) is 9.47 Å². The maximum atomic E-state index is 12.5. The number of hydrogen-bond acceptors (Lipinski definition) is 4. The lowest BCUT2D eigenvalue weighted by molar-refractivity contribution is -0.172. The number of rotatable bonds is 6. The Morgan fingerprint density at radius 2 is 1.80 bits per heavy atom. The van der Waals surface area contributed by atoms with E-state index in [1.165, 1.54) is 0 Å². The van der Waals surface area contributed by atoms with Crippen LogP contribution < -0.4 is 4.72 Å². The minimum atomic E-state index is -1.48. The van der Waals surface area contributed by atoms with Gasteiger partial charge in [0.2, 0.25) is 0 Å². The van der Waals surface area contributed by atoms with Gasteiger partial charge in [-0.05, 0) is 19.1 Å². The number of ether oxygens (including phenoxy) is 2. The van der Waals surface area contributed by atoms with Gasteiger partial charge in [0.15, 0.2) is 5.79 Å². The predicted molar refractivity (Wildman–Crippen MR) is 94.8 cm³/mol. The van der Waals surface area contributed by atoms with Gasteiger partial charge < -0.3 is 9.47 Å². The van der Waals surface area contributed by atoms with E-state index in [-0.39, 0.29) is 6.42 Å². The molecule has 1 heterocycles. The van der Waals surface area contributed by atoms with Gasteiger partial charge in [-0.3, -0.25) is 0 Å². The van der Waals surface area contributed by atoms with Gasteiger partial charge in [0.1, 0.15) is 17.0 Å². The molecule has 0 spiro atoms. The first-order valence-electron chi connectivity index (χ1n) is 8.11. The van der Waals surface area contributed by atoms with Gasteiger partial charge in [-0.1, -0.05) is 48.0 Å². The summed E-state index contributed by atoms with van der Waals surface area (Å²) in [5.41, 5.74) is 1.95. The Morgan fingerprint density at radius 1 is 1.16 bits per heavy atom. The van der Waals surface area contributed by atoms with Gasteiger partial charge >= 0.3 is 0 Å². The fraction of sp³-hybridized carbons (Fsp3) is 0.316. The van der Waals surface area contributed by atoms with E-state index in [1.54, 1.807) is 12.1 Å². The molecular formula is C19H20N2O3S. The third-order valence-corrected chi connectivity index (χ3v) is 5.28. The number of nitrogens with zero attached hydrogens (tertiary/aromatic N) is 1. The Labute approximate surface area is 150 Å². The van der Waals surface area contributed by atoms with E-state index >= 15 is 0 Å². The molecule has 5 nitrogen and oxygen atoms in total.